The van der Waals surface area contributed by atoms with Crippen molar-refractivity contribution in [3.63, 3.8) is 0 Å². The predicted molar refractivity (Wildman–Crippen MR) is 65.4 cm³/mol. The summed E-state index contributed by atoms with van der Waals surface area (Å²) in [6, 6.07) is 4.61. The van der Waals surface area contributed by atoms with Gasteiger partial charge in [-0.2, -0.15) is 0 Å². The lowest BCUT2D eigenvalue weighted by Crippen LogP contribution is -2.36. The van der Waals surface area contributed by atoms with E-state index in [1.165, 1.54) is 18.2 Å². The monoisotopic (exact) mass is 238 g/mol. The van der Waals surface area contributed by atoms with Crippen molar-refractivity contribution in [3.8, 4) is 5.75 Å². The van der Waals surface area contributed by atoms with Crippen LogP contribution in [0.25, 0.3) is 0 Å². The molecule has 2 rings (SSSR count). The second-order valence-corrected chi connectivity index (χ2v) is 4.48. The number of aromatic hydroxyl groups is 1. The number of phenols is 1. The molecule has 0 bridgehead atoms. The quantitative estimate of drug-likeness (QED) is 0.838. The number of halogens is 1. The van der Waals surface area contributed by atoms with Crippen molar-refractivity contribution in [3.05, 3.63) is 29.6 Å². The third-order valence-corrected chi connectivity index (χ3v) is 3.37. The standard InChI is InChI=1S/C13H19FN2O/c1-2-16(12-5-6-15-8-12)9-10-7-11(14)3-4-13(10)17/h3-4,7,12,15,17H,2,5-6,8-9H2,1H3. The van der Waals surface area contributed by atoms with Crippen molar-refractivity contribution in [2.24, 2.45) is 0 Å². The lowest BCUT2D eigenvalue weighted by atomic mass is 10.1. The highest BCUT2D eigenvalue weighted by molar-refractivity contribution is 5.32. The summed E-state index contributed by atoms with van der Waals surface area (Å²) in [4.78, 5) is 2.27. The maximum Gasteiger partial charge on any atom is 0.123 e. The Kier molecular flexibility index (Phi) is 3.97. The minimum atomic E-state index is -0.293. The van der Waals surface area contributed by atoms with Crippen LogP contribution in [0.3, 0.4) is 0 Å². The lowest BCUT2D eigenvalue weighted by molar-refractivity contribution is 0.208. The van der Waals surface area contributed by atoms with E-state index in [9.17, 15) is 9.50 Å². The highest BCUT2D eigenvalue weighted by Gasteiger charge is 2.21. The van der Waals surface area contributed by atoms with Gasteiger partial charge in [0, 0.05) is 24.7 Å². The number of hydrogen-bond donors (Lipinski definition) is 2. The second-order valence-electron chi connectivity index (χ2n) is 4.48. The predicted octanol–water partition coefficient (Wildman–Crippen LogP) is 1.72. The molecule has 0 spiro atoms. The average molecular weight is 238 g/mol. The first-order valence-electron chi connectivity index (χ1n) is 6.13. The van der Waals surface area contributed by atoms with E-state index < -0.39 is 0 Å². The van der Waals surface area contributed by atoms with Crippen LogP contribution < -0.4 is 5.32 Å². The van der Waals surface area contributed by atoms with Gasteiger partial charge in [-0.25, -0.2) is 4.39 Å². The molecule has 1 heterocycles. The van der Waals surface area contributed by atoms with Crippen LogP contribution >= 0.6 is 0 Å². The molecule has 2 N–H and O–H groups in total. The molecule has 0 amide bonds. The number of nitrogens with zero attached hydrogens (tertiary/aromatic N) is 1. The molecule has 1 aliphatic heterocycles. The maximum absolute atomic E-state index is 13.1. The van der Waals surface area contributed by atoms with Crippen molar-refractivity contribution >= 4 is 0 Å². The van der Waals surface area contributed by atoms with E-state index in [2.05, 4.69) is 17.1 Å². The lowest BCUT2D eigenvalue weighted by Gasteiger charge is -2.27. The molecule has 0 aliphatic carbocycles. The topological polar surface area (TPSA) is 35.5 Å². The molecule has 1 saturated heterocycles. The summed E-state index contributed by atoms with van der Waals surface area (Å²) in [6.45, 7) is 5.61. The summed E-state index contributed by atoms with van der Waals surface area (Å²) >= 11 is 0. The fraction of sp³-hybridized carbons (Fsp3) is 0.538. The number of likely N-dealkylation sites (N-methyl/N-ethyl adjacent to an activating group) is 1. The van der Waals surface area contributed by atoms with Crippen molar-refractivity contribution in [2.45, 2.75) is 25.9 Å². The SMILES string of the molecule is CCN(Cc1cc(F)ccc1O)C1CCNC1. The van der Waals surface area contributed by atoms with Gasteiger partial charge in [0.05, 0.1) is 0 Å². The van der Waals surface area contributed by atoms with E-state index in [0.717, 1.165) is 26.1 Å². The summed E-state index contributed by atoms with van der Waals surface area (Å²) < 4.78 is 13.1. The Hall–Kier alpha value is -1.13. The zero-order chi connectivity index (χ0) is 12.3. The molecule has 1 aliphatic rings. The van der Waals surface area contributed by atoms with E-state index >= 15 is 0 Å². The summed E-state index contributed by atoms with van der Waals surface area (Å²) in [5.74, 6) is -0.116. The molecule has 1 aromatic carbocycles. The van der Waals surface area contributed by atoms with Crippen molar-refractivity contribution in [2.75, 3.05) is 19.6 Å². The van der Waals surface area contributed by atoms with E-state index in [4.69, 9.17) is 0 Å². The number of nitrogens with one attached hydrogen (secondary N) is 1. The van der Waals surface area contributed by atoms with E-state index in [1.807, 2.05) is 0 Å². The summed E-state index contributed by atoms with van der Waals surface area (Å²) in [5.41, 5.74) is 0.666. The number of benzene rings is 1. The van der Waals surface area contributed by atoms with Gasteiger partial charge >= 0.3 is 0 Å². The second kappa shape index (κ2) is 5.47. The largest absolute Gasteiger partial charge is 0.508 e. The molecule has 4 heteroatoms. The smallest absolute Gasteiger partial charge is 0.123 e. The summed E-state index contributed by atoms with van der Waals surface area (Å²) in [5, 5.41) is 13.0. The molecule has 3 nitrogen and oxygen atoms in total. The molecule has 94 valence electrons. The molecule has 0 saturated carbocycles. The van der Waals surface area contributed by atoms with Crippen molar-refractivity contribution in [1.82, 2.24) is 10.2 Å². The van der Waals surface area contributed by atoms with E-state index in [-0.39, 0.29) is 11.6 Å². The molecule has 1 atom stereocenters. The van der Waals surface area contributed by atoms with Crippen LogP contribution in [0.2, 0.25) is 0 Å². The summed E-state index contributed by atoms with van der Waals surface area (Å²) in [7, 11) is 0. The van der Waals surface area contributed by atoms with Gasteiger partial charge in [-0.1, -0.05) is 6.92 Å². The maximum atomic E-state index is 13.1. The third kappa shape index (κ3) is 2.96. The zero-order valence-electron chi connectivity index (χ0n) is 10.1. The third-order valence-electron chi connectivity index (χ3n) is 3.37. The fourth-order valence-electron chi connectivity index (χ4n) is 2.35. The number of phenolic OH excluding ortho intramolecular Hbond substituents is 1. The fourth-order valence-corrected chi connectivity index (χ4v) is 2.35. The Morgan fingerprint density at radius 1 is 1.53 bits per heavy atom. The van der Waals surface area contributed by atoms with E-state index in [0.29, 0.717) is 18.2 Å². The van der Waals surface area contributed by atoms with Crippen LogP contribution in [0.1, 0.15) is 18.9 Å². The van der Waals surface area contributed by atoms with Crippen molar-refractivity contribution in [1.29, 1.82) is 0 Å². The van der Waals surface area contributed by atoms with Crippen LogP contribution in [-0.4, -0.2) is 35.7 Å². The van der Waals surface area contributed by atoms with Gasteiger partial charge in [-0.05, 0) is 37.7 Å². The zero-order valence-corrected chi connectivity index (χ0v) is 10.1. The van der Waals surface area contributed by atoms with Crippen LogP contribution in [0.15, 0.2) is 18.2 Å². The van der Waals surface area contributed by atoms with Gasteiger partial charge in [-0.3, -0.25) is 4.90 Å². The Morgan fingerprint density at radius 2 is 2.35 bits per heavy atom. The van der Waals surface area contributed by atoms with Crippen LogP contribution in [0.4, 0.5) is 4.39 Å². The first-order valence-corrected chi connectivity index (χ1v) is 6.13. The Morgan fingerprint density at radius 3 is 3.00 bits per heavy atom. The van der Waals surface area contributed by atoms with Crippen LogP contribution in [0.5, 0.6) is 5.75 Å². The van der Waals surface area contributed by atoms with Gasteiger partial charge < -0.3 is 10.4 Å². The highest BCUT2D eigenvalue weighted by Crippen LogP contribution is 2.21. The first-order chi connectivity index (χ1) is 8.20. The molecular weight excluding hydrogens is 219 g/mol. The number of rotatable bonds is 4. The average Bonchev–Trinajstić information content (AvgIpc) is 2.84. The Bertz CT molecular complexity index is 378. The van der Waals surface area contributed by atoms with Gasteiger partial charge in [0.25, 0.3) is 0 Å². The normalized spacial score (nSPS) is 20.1. The first kappa shape index (κ1) is 12.3. The summed E-state index contributed by atoms with van der Waals surface area (Å²) in [6.07, 6.45) is 1.11. The minimum absolute atomic E-state index is 0.177. The highest BCUT2D eigenvalue weighted by atomic mass is 19.1. The van der Waals surface area contributed by atoms with Gasteiger partial charge in [0.2, 0.25) is 0 Å². The van der Waals surface area contributed by atoms with Crippen LogP contribution in [0, 0.1) is 5.82 Å². The molecule has 0 aromatic heterocycles. The minimum Gasteiger partial charge on any atom is -0.508 e. The van der Waals surface area contributed by atoms with Crippen LogP contribution in [-0.2, 0) is 6.54 Å². The molecule has 1 fully saturated rings. The molecule has 0 radical (unpaired) electrons. The van der Waals surface area contributed by atoms with E-state index in [1.54, 1.807) is 0 Å². The van der Waals surface area contributed by atoms with Crippen molar-refractivity contribution < 1.29 is 9.50 Å². The number of hydrogen-bond acceptors (Lipinski definition) is 3. The molecule has 1 unspecified atom stereocenters. The van der Waals surface area contributed by atoms with Gasteiger partial charge in [-0.15, -0.1) is 0 Å². The Labute approximate surface area is 101 Å². The molecular formula is C13H19FN2O. The molecule has 17 heavy (non-hydrogen) atoms. The molecule has 1 aromatic rings. The Balaban J connectivity index is 2.09. The van der Waals surface area contributed by atoms with Gasteiger partial charge in [0.15, 0.2) is 0 Å². The van der Waals surface area contributed by atoms with Gasteiger partial charge in [0.1, 0.15) is 11.6 Å².